The Hall–Kier alpha value is -2.08. The number of hydrazine groups is 1. The van der Waals surface area contributed by atoms with Crippen molar-refractivity contribution in [2.75, 3.05) is 13.1 Å². The largest absolute Gasteiger partial charge is 0.481 e. The van der Waals surface area contributed by atoms with Crippen molar-refractivity contribution >= 4 is 11.8 Å². The molecule has 0 aliphatic carbocycles. The Morgan fingerprint density at radius 3 is 2.55 bits per heavy atom. The Kier molecular flexibility index (Phi) is 5.38. The summed E-state index contributed by atoms with van der Waals surface area (Å²) in [6, 6.07) is 7.62. The molecule has 1 unspecified atom stereocenters. The van der Waals surface area contributed by atoms with E-state index in [1.165, 1.54) is 0 Å². The van der Waals surface area contributed by atoms with E-state index in [1.54, 1.807) is 11.8 Å². The van der Waals surface area contributed by atoms with Gasteiger partial charge in [0, 0.05) is 19.0 Å². The average Bonchev–Trinajstić information content (AvgIpc) is 2.55. The number of nitrogens with one attached hydrogen (secondary N) is 1. The molecule has 0 spiro atoms. The van der Waals surface area contributed by atoms with E-state index >= 15 is 0 Å². The Morgan fingerprint density at radius 2 is 1.95 bits per heavy atom. The third-order valence-electron chi connectivity index (χ3n) is 4.06. The predicted octanol–water partition coefficient (Wildman–Crippen LogP) is 0.991. The molecule has 1 atom stereocenters. The minimum atomic E-state index is -0.541. The average molecular weight is 305 g/mol. The fourth-order valence-corrected chi connectivity index (χ4v) is 2.67. The van der Waals surface area contributed by atoms with Crippen molar-refractivity contribution in [2.45, 2.75) is 32.8 Å². The van der Waals surface area contributed by atoms with Crippen LogP contribution in [0.25, 0.3) is 0 Å². The Morgan fingerprint density at radius 1 is 1.32 bits per heavy atom. The molecular formula is C16H23N3O3. The van der Waals surface area contributed by atoms with E-state index in [2.05, 4.69) is 5.43 Å². The highest BCUT2D eigenvalue weighted by Gasteiger charge is 2.29. The van der Waals surface area contributed by atoms with E-state index in [0.717, 1.165) is 11.3 Å². The SMILES string of the molecule is Cc1ccccc1OC(C)C(=O)N1CCC(C(=O)NN)CC1. The number of para-hydroxylation sites is 1. The number of hydrogen-bond donors (Lipinski definition) is 2. The van der Waals surface area contributed by atoms with E-state index in [0.29, 0.717) is 25.9 Å². The summed E-state index contributed by atoms with van der Waals surface area (Å²) in [6.45, 7) is 4.81. The second kappa shape index (κ2) is 7.26. The number of aryl methyl sites for hydroxylation is 1. The maximum Gasteiger partial charge on any atom is 0.263 e. The van der Waals surface area contributed by atoms with E-state index < -0.39 is 6.10 Å². The summed E-state index contributed by atoms with van der Waals surface area (Å²) in [5, 5.41) is 0. The highest BCUT2D eigenvalue weighted by Crippen LogP contribution is 2.21. The molecule has 1 aromatic rings. The van der Waals surface area contributed by atoms with Gasteiger partial charge < -0.3 is 9.64 Å². The number of amides is 2. The zero-order valence-corrected chi connectivity index (χ0v) is 13.0. The second-order valence-corrected chi connectivity index (χ2v) is 5.63. The van der Waals surface area contributed by atoms with E-state index in [4.69, 9.17) is 10.6 Å². The van der Waals surface area contributed by atoms with Gasteiger partial charge >= 0.3 is 0 Å². The van der Waals surface area contributed by atoms with Crippen LogP contribution < -0.4 is 16.0 Å². The summed E-state index contributed by atoms with van der Waals surface area (Å²) in [6.07, 6.45) is 0.721. The zero-order chi connectivity index (χ0) is 16.1. The van der Waals surface area contributed by atoms with Crippen LogP contribution in [-0.2, 0) is 9.59 Å². The number of ether oxygens (including phenoxy) is 1. The number of carbonyl (C=O) groups excluding carboxylic acids is 2. The van der Waals surface area contributed by atoms with Crippen molar-refractivity contribution in [3.05, 3.63) is 29.8 Å². The van der Waals surface area contributed by atoms with Crippen LogP contribution in [0.2, 0.25) is 0 Å². The molecule has 0 saturated carbocycles. The third-order valence-corrected chi connectivity index (χ3v) is 4.06. The summed E-state index contributed by atoms with van der Waals surface area (Å²) >= 11 is 0. The number of hydrogen-bond acceptors (Lipinski definition) is 4. The van der Waals surface area contributed by atoms with Crippen molar-refractivity contribution in [2.24, 2.45) is 11.8 Å². The number of nitrogens with zero attached hydrogens (tertiary/aromatic N) is 1. The van der Waals surface area contributed by atoms with E-state index in [1.807, 2.05) is 31.2 Å². The van der Waals surface area contributed by atoms with Gasteiger partial charge in [0.25, 0.3) is 5.91 Å². The molecule has 6 heteroatoms. The van der Waals surface area contributed by atoms with Gasteiger partial charge in [0.1, 0.15) is 5.75 Å². The summed E-state index contributed by atoms with van der Waals surface area (Å²) in [5.74, 6) is 5.56. The maximum atomic E-state index is 12.4. The molecule has 1 aliphatic rings. The van der Waals surface area contributed by atoms with Crippen molar-refractivity contribution in [3.63, 3.8) is 0 Å². The molecule has 0 radical (unpaired) electrons. The molecule has 0 bridgehead atoms. The first kappa shape index (κ1) is 16.3. The van der Waals surface area contributed by atoms with Gasteiger partial charge in [-0.25, -0.2) is 5.84 Å². The first-order valence-corrected chi connectivity index (χ1v) is 7.54. The van der Waals surface area contributed by atoms with Crippen molar-refractivity contribution in [1.29, 1.82) is 0 Å². The van der Waals surface area contributed by atoms with Gasteiger partial charge in [0.15, 0.2) is 6.10 Å². The molecule has 1 aliphatic heterocycles. The fourth-order valence-electron chi connectivity index (χ4n) is 2.67. The topological polar surface area (TPSA) is 84.7 Å². The van der Waals surface area contributed by atoms with Crippen LogP contribution in [0, 0.1) is 12.8 Å². The highest BCUT2D eigenvalue weighted by atomic mass is 16.5. The van der Waals surface area contributed by atoms with Crippen LogP contribution in [0.3, 0.4) is 0 Å². The smallest absolute Gasteiger partial charge is 0.263 e. The third kappa shape index (κ3) is 3.76. The van der Waals surface area contributed by atoms with Gasteiger partial charge in [0.05, 0.1) is 0 Å². The maximum absolute atomic E-state index is 12.4. The Labute approximate surface area is 130 Å². The molecule has 22 heavy (non-hydrogen) atoms. The van der Waals surface area contributed by atoms with Crippen LogP contribution in [0.5, 0.6) is 5.75 Å². The molecule has 120 valence electrons. The van der Waals surface area contributed by atoms with E-state index in [9.17, 15) is 9.59 Å². The zero-order valence-electron chi connectivity index (χ0n) is 13.0. The van der Waals surface area contributed by atoms with Gasteiger partial charge in [-0.3, -0.25) is 15.0 Å². The number of benzene rings is 1. The van der Waals surface area contributed by atoms with Gasteiger partial charge in [-0.1, -0.05) is 18.2 Å². The lowest BCUT2D eigenvalue weighted by atomic mass is 9.96. The lowest BCUT2D eigenvalue weighted by Crippen LogP contribution is -2.47. The monoisotopic (exact) mass is 305 g/mol. The number of likely N-dealkylation sites (tertiary alicyclic amines) is 1. The minimum Gasteiger partial charge on any atom is -0.481 e. The van der Waals surface area contributed by atoms with Crippen molar-refractivity contribution < 1.29 is 14.3 Å². The van der Waals surface area contributed by atoms with Crippen molar-refractivity contribution in [3.8, 4) is 5.75 Å². The van der Waals surface area contributed by atoms with E-state index in [-0.39, 0.29) is 17.7 Å². The second-order valence-electron chi connectivity index (χ2n) is 5.63. The lowest BCUT2D eigenvalue weighted by molar-refractivity contribution is -0.141. The molecule has 2 rings (SSSR count). The number of carbonyl (C=O) groups is 2. The molecule has 0 aromatic heterocycles. The van der Waals surface area contributed by atoms with Crippen LogP contribution in [-0.4, -0.2) is 35.9 Å². The van der Waals surface area contributed by atoms with Crippen molar-refractivity contribution in [1.82, 2.24) is 10.3 Å². The normalized spacial score (nSPS) is 17.0. The molecule has 6 nitrogen and oxygen atoms in total. The van der Waals surface area contributed by atoms with Crippen LogP contribution in [0.4, 0.5) is 0 Å². The van der Waals surface area contributed by atoms with Crippen LogP contribution >= 0.6 is 0 Å². The Balaban J connectivity index is 1.89. The first-order valence-electron chi connectivity index (χ1n) is 7.54. The van der Waals surface area contributed by atoms with Crippen LogP contribution in [0.15, 0.2) is 24.3 Å². The summed E-state index contributed by atoms with van der Waals surface area (Å²) in [7, 11) is 0. The molecule has 1 aromatic carbocycles. The molecule has 2 amide bonds. The quantitative estimate of drug-likeness (QED) is 0.493. The van der Waals surface area contributed by atoms with Crippen LogP contribution in [0.1, 0.15) is 25.3 Å². The highest BCUT2D eigenvalue weighted by molar-refractivity contribution is 5.82. The van der Waals surface area contributed by atoms with Gasteiger partial charge in [0.2, 0.25) is 5.91 Å². The summed E-state index contributed by atoms with van der Waals surface area (Å²) < 4.78 is 5.77. The minimum absolute atomic E-state index is 0.0464. The lowest BCUT2D eigenvalue weighted by Gasteiger charge is -2.32. The molecule has 3 N–H and O–H groups in total. The molecular weight excluding hydrogens is 282 g/mol. The van der Waals surface area contributed by atoms with Gasteiger partial charge in [-0.2, -0.15) is 0 Å². The number of rotatable bonds is 4. The Bertz CT molecular complexity index is 539. The first-order chi connectivity index (χ1) is 10.5. The summed E-state index contributed by atoms with van der Waals surface area (Å²) in [4.78, 5) is 25.7. The van der Waals surface area contributed by atoms with Gasteiger partial charge in [-0.05, 0) is 38.3 Å². The molecule has 1 fully saturated rings. The van der Waals surface area contributed by atoms with Gasteiger partial charge in [-0.15, -0.1) is 0 Å². The number of piperidine rings is 1. The predicted molar refractivity (Wildman–Crippen MR) is 82.9 cm³/mol. The number of nitrogens with two attached hydrogens (primary N) is 1. The fraction of sp³-hybridized carbons (Fsp3) is 0.500. The molecule has 1 heterocycles. The standard InChI is InChI=1S/C16H23N3O3/c1-11-5-3-4-6-14(11)22-12(2)16(21)19-9-7-13(8-10-19)15(20)18-17/h3-6,12-13H,7-10,17H2,1-2H3,(H,18,20). The molecule has 1 saturated heterocycles. The summed E-state index contributed by atoms with van der Waals surface area (Å²) in [5.41, 5.74) is 3.17.